The zero-order valence-corrected chi connectivity index (χ0v) is 12.7. The van der Waals surface area contributed by atoms with E-state index in [1.165, 1.54) is 17.5 Å². The summed E-state index contributed by atoms with van der Waals surface area (Å²) < 4.78 is 44.6. The second-order valence-corrected chi connectivity index (χ2v) is 6.50. The van der Waals surface area contributed by atoms with E-state index >= 15 is 0 Å². The Kier molecular flexibility index (Phi) is 6.07. The van der Waals surface area contributed by atoms with Crippen molar-refractivity contribution < 1.29 is 22.7 Å². The van der Waals surface area contributed by atoms with Gasteiger partial charge in [-0.05, 0) is 32.0 Å². The average molecular weight is 305 g/mol. The third-order valence-electron chi connectivity index (χ3n) is 2.89. The van der Waals surface area contributed by atoms with E-state index in [0.717, 1.165) is 12.1 Å². The summed E-state index contributed by atoms with van der Waals surface area (Å²) in [6.45, 7) is 3.44. The SMILES string of the molecule is COCCN(C(C)C)S(=O)(=O)c1ccc(F)c(CO)c1. The normalized spacial score (nSPS) is 12.3. The minimum Gasteiger partial charge on any atom is -0.392 e. The maximum atomic E-state index is 13.3. The molecule has 0 radical (unpaired) electrons. The van der Waals surface area contributed by atoms with Crippen LogP contribution < -0.4 is 0 Å². The maximum Gasteiger partial charge on any atom is 0.243 e. The highest BCUT2D eigenvalue weighted by atomic mass is 32.2. The van der Waals surface area contributed by atoms with E-state index in [0.29, 0.717) is 0 Å². The van der Waals surface area contributed by atoms with Crippen LogP contribution in [0.25, 0.3) is 0 Å². The summed E-state index contributed by atoms with van der Waals surface area (Å²) in [5.74, 6) is -0.626. The Morgan fingerprint density at radius 1 is 1.40 bits per heavy atom. The number of ether oxygens (including phenoxy) is 1. The Labute approximate surface area is 119 Å². The first-order chi connectivity index (χ1) is 9.34. The van der Waals surface area contributed by atoms with Crippen LogP contribution in [0, 0.1) is 5.82 Å². The molecule has 0 aliphatic heterocycles. The van der Waals surface area contributed by atoms with Gasteiger partial charge in [0.1, 0.15) is 5.82 Å². The Hall–Kier alpha value is -1.02. The van der Waals surface area contributed by atoms with E-state index in [9.17, 15) is 12.8 Å². The number of benzene rings is 1. The summed E-state index contributed by atoms with van der Waals surface area (Å²) in [6.07, 6.45) is 0. The third kappa shape index (κ3) is 3.76. The van der Waals surface area contributed by atoms with E-state index < -0.39 is 22.4 Å². The third-order valence-corrected chi connectivity index (χ3v) is 4.96. The van der Waals surface area contributed by atoms with Crippen LogP contribution in [0.4, 0.5) is 4.39 Å². The Morgan fingerprint density at radius 2 is 2.05 bits per heavy atom. The molecule has 0 unspecified atom stereocenters. The lowest BCUT2D eigenvalue weighted by Gasteiger charge is -2.25. The van der Waals surface area contributed by atoms with Crippen LogP contribution >= 0.6 is 0 Å². The summed E-state index contributed by atoms with van der Waals surface area (Å²) >= 11 is 0. The van der Waals surface area contributed by atoms with E-state index in [1.54, 1.807) is 13.8 Å². The zero-order valence-electron chi connectivity index (χ0n) is 11.8. The van der Waals surface area contributed by atoms with Gasteiger partial charge in [0.05, 0.1) is 18.1 Å². The lowest BCUT2D eigenvalue weighted by Crippen LogP contribution is -2.39. The molecular weight excluding hydrogens is 285 g/mol. The molecule has 7 heteroatoms. The van der Waals surface area contributed by atoms with E-state index in [4.69, 9.17) is 9.84 Å². The van der Waals surface area contributed by atoms with Gasteiger partial charge in [-0.25, -0.2) is 12.8 Å². The highest BCUT2D eigenvalue weighted by molar-refractivity contribution is 7.89. The van der Waals surface area contributed by atoms with Crippen molar-refractivity contribution in [3.05, 3.63) is 29.6 Å². The Bertz CT molecular complexity index is 545. The number of hydrogen-bond acceptors (Lipinski definition) is 4. The molecule has 114 valence electrons. The van der Waals surface area contributed by atoms with Gasteiger partial charge in [-0.1, -0.05) is 0 Å². The van der Waals surface area contributed by atoms with Crippen LogP contribution in [-0.4, -0.2) is 44.1 Å². The van der Waals surface area contributed by atoms with Gasteiger partial charge < -0.3 is 9.84 Å². The molecule has 1 aromatic carbocycles. The van der Waals surface area contributed by atoms with Gasteiger partial charge in [-0.3, -0.25) is 0 Å². The van der Waals surface area contributed by atoms with Gasteiger partial charge in [0.15, 0.2) is 0 Å². The van der Waals surface area contributed by atoms with E-state index in [2.05, 4.69) is 0 Å². The molecule has 0 spiro atoms. The van der Waals surface area contributed by atoms with Gasteiger partial charge in [-0.2, -0.15) is 4.31 Å². The fourth-order valence-electron chi connectivity index (χ4n) is 1.81. The molecule has 0 aliphatic carbocycles. The van der Waals surface area contributed by atoms with Crippen molar-refractivity contribution >= 4 is 10.0 Å². The number of sulfonamides is 1. The van der Waals surface area contributed by atoms with Gasteiger partial charge in [-0.15, -0.1) is 0 Å². The van der Waals surface area contributed by atoms with E-state index in [1.807, 2.05) is 0 Å². The maximum absolute atomic E-state index is 13.3. The monoisotopic (exact) mass is 305 g/mol. The summed E-state index contributed by atoms with van der Waals surface area (Å²) in [6, 6.07) is 3.16. The lowest BCUT2D eigenvalue weighted by atomic mass is 10.2. The van der Waals surface area contributed by atoms with Crippen molar-refractivity contribution in [2.45, 2.75) is 31.4 Å². The molecule has 20 heavy (non-hydrogen) atoms. The second kappa shape index (κ2) is 7.12. The van der Waals surface area contributed by atoms with Crippen LogP contribution in [0.15, 0.2) is 23.1 Å². The zero-order chi connectivity index (χ0) is 15.3. The number of aliphatic hydroxyl groups is 1. The number of methoxy groups -OCH3 is 1. The van der Waals surface area contributed by atoms with Crippen LogP contribution in [-0.2, 0) is 21.4 Å². The van der Waals surface area contributed by atoms with Crippen molar-refractivity contribution in [2.75, 3.05) is 20.3 Å². The van der Waals surface area contributed by atoms with Crippen molar-refractivity contribution in [1.29, 1.82) is 0 Å². The second-order valence-electron chi connectivity index (χ2n) is 4.61. The summed E-state index contributed by atoms with van der Waals surface area (Å²) in [5, 5.41) is 9.03. The minimum absolute atomic E-state index is 0.0345. The largest absolute Gasteiger partial charge is 0.392 e. The van der Waals surface area contributed by atoms with Crippen molar-refractivity contribution in [3.63, 3.8) is 0 Å². The predicted octanol–water partition coefficient (Wildman–Crippen LogP) is 1.36. The molecule has 0 saturated heterocycles. The molecule has 0 aromatic heterocycles. The van der Waals surface area contributed by atoms with Gasteiger partial charge >= 0.3 is 0 Å². The number of halogens is 1. The molecule has 0 fully saturated rings. The fraction of sp³-hybridized carbons (Fsp3) is 0.538. The molecular formula is C13H20FNO4S. The number of hydrogen-bond donors (Lipinski definition) is 1. The predicted molar refractivity (Wildman–Crippen MR) is 73.2 cm³/mol. The molecule has 0 aliphatic rings. The van der Waals surface area contributed by atoms with Crippen molar-refractivity contribution in [1.82, 2.24) is 4.31 Å². The minimum atomic E-state index is -3.75. The molecule has 0 saturated carbocycles. The molecule has 1 rings (SSSR count). The highest BCUT2D eigenvalue weighted by Crippen LogP contribution is 2.21. The first-order valence-corrected chi connectivity index (χ1v) is 7.68. The molecule has 0 atom stereocenters. The Morgan fingerprint density at radius 3 is 2.55 bits per heavy atom. The fourth-order valence-corrected chi connectivity index (χ4v) is 3.48. The van der Waals surface area contributed by atoms with Crippen molar-refractivity contribution in [2.24, 2.45) is 0 Å². The summed E-state index contributed by atoms with van der Waals surface area (Å²) in [7, 11) is -2.25. The topological polar surface area (TPSA) is 66.8 Å². The molecule has 1 aromatic rings. The molecule has 1 N–H and O–H groups in total. The molecule has 0 bridgehead atoms. The quantitative estimate of drug-likeness (QED) is 0.826. The highest BCUT2D eigenvalue weighted by Gasteiger charge is 2.27. The van der Waals surface area contributed by atoms with Gasteiger partial charge in [0, 0.05) is 25.3 Å². The Balaban J connectivity index is 3.19. The van der Waals surface area contributed by atoms with Crippen molar-refractivity contribution in [3.8, 4) is 0 Å². The van der Waals surface area contributed by atoms with Gasteiger partial charge in [0.25, 0.3) is 0 Å². The number of nitrogens with zero attached hydrogens (tertiary/aromatic N) is 1. The first kappa shape index (κ1) is 17.0. The molecule has 5 nitrogen and oxygen atoms in total. The summed E-state index contributed by atoms with van der Waals surface area (Å²) in [5.41, 5.74) is -0.0403. The average Bonchev–Trinajstić information content (AvgIpc) is 2.38. The first-order valence-electron chi connectivity index (χ1n) is 6.24. The van der Waals surface area contributed by atoms with E-state index in [-0.39, 0.29) is 29.7 Å². The van der Waals surface area contributed by atoms with Crippen LogP contribution in [0.3, 0.4) is 0 Å². The van der Waals surface area contributed by atoms with Gasteiger partial charge in [0.2, 0.25) is 10.0 Å². The van der Waals surface area contributed by atoms with Crippen LogP contribution in [0.5, 0.6) is 0 Å². The lowest BCUT2D eigenvalue weighted by molar-refractivity contribution is 0.171. The molecule has 0 amide bonds. The van der Waals surface area contributed by atoms with Crippen LogP contribution in [0.2, 0.25) is 0 Å². The standard InChI is InChI=1S/C13H20FNO4S/c1-10(2)15(6-7-19-3)20(17,18)12-4-5-13(14)11(8-12)9-16/h4-5,8,10,16H,6-7,9H2,1-3H3. The van der Waals surface area contributed by atoms with Crippen LogP contribution in [0.1, 0.15) is 19.4 Å². The number of aliphatic hydroxyl groups excluding tert-OH is 1. The smallest absolute Gasteiger partial charge is 0.243 e. The number of rotatable bonds is 7. The molecule has 0 heterocycles. The summed E-state index contributed by atoms with van der Waals surface area (Å²) in [4.78, 5) is -0.0345.